The number of benzene rings is 1. The van der Waals surface area contributed by atoms with E-state index in [1.165, 1.54) is 16.8 Å². The van der Waals surface area contributed by atoms with Crippen molar-refractivity contribution in [3.8, 4) is 0 Å². The normalized spacial score (nSPS) is 30.2. The standard InChI is InChI=1S/C16H19BrClN/c1-9-14-6-4-11-7-13(18)5-3-12(11)8-15(14)19-10(2)16(9)17/h3,5,7,9-10,16,19H,4,6,8H2,1-2H3. The van der Waals surface area contributed by atoms with E-state index in [-0.39, 0.29) is 0 Å². The molecule has 1 aromatic carbocycles. The van der Waals surface area contributed by atoms with Crippen LogP contribution in [0.5, 0.6) is 0 Å². The minimum atomic E-state index is 0.489. The van der Waals surface area contributed by atoms with Crippen molar-refractivity contribution in [2.45, 2.75) is 44.0 Å². The van der Waals surface area contributed by atoms with Gasteiger partial charge in [0.05, 0.1) is 0 Å². The Kier molecular flexibility index (Phi) is 3.65. The van der Waals surface area contributed by atoms with Crippen LogP contribution in [0.3, 0.4) is 0 Å². The van der Waals surface area contributed by atoms with E-state index in [0.717, 1.165) is 24.3 Å². The summed E-state index contributed by atoms with van der Waals surface area (Å²) >= 11 is 9.96. The van der Waals surface area contributed by atoms with E-state index in [4.69, 9.17) is 11.6 Å². The Morgan fingerprint density at radius 1 is 1.21 bits per heavy atom. The highest BCUT2D eigenvalue weighted by Gasteiger charge is 2.32. The lowest BCUT2D eigenvalue weighted by molar-refractivity contribution is 0.450. The highest BCUT2D eigenvalue weighted by Crippen LogP contribution is 2.37. The number of fused-ring (bicyclic) bond motifs is 1. The van der Waals surface area contributed by atoms with Crippen LogP contribution in [0.25, 0.3) is 0 Å². The third kappa shape index (κ3) is 2.45. The van der Waals surface area contributed by atoms with Gasteiger partial charge in [-0.2, -0.15) is 0 Å². The second-order valence-corrected chi connectivity index (χ2v) is 7.25. The molecule has 0 fully saturated rings. The van der Waals surface area contributed by atoms with Crippen LogP contribution in [0.1, 0.15) is 31.4 Å². The predicted octanol–water partition coefficient (Wildman–Crippen LogP) is 4.47. The molecule has 0 radical (unpaired) electrons. The van der Waals surface area contributed by atoms with E-state index in [0.29, 0.717) is 16.8 Å². The Hall–Kier alpha value is -0.470. The van der Waals surface area contributed by atoms with Crippen molar-refractivity contribution in [2.24, 2.45) is 5.92 Å². The van der Waals surface area contributed by atoms with Gasteiger partial charge in [0.25, 0.3) is 0 Å². The van der Waals surface area contributed by atoms with E-state index in [9.17, 15) is 0 Å². The fourth-order valence-corrected chi connectivity index (χ4v) is 4.00. The maximum atomic E-state index is 6.12. The lowest BCUT2D eigenvalue weighted by Crippen LogP contribution is -2.43. The Morgan fingerprint density at radius 3 is 2.79 bits per heavy atom. The van der Waals surface area contributed by atoms with Crippen LogP contribution in [0, 0.1) is 5.92 Å². The van der Waals surface area contributed by atoms with Crippen LogP contribution < -0.4 is 5.32 Å². The van der Waals surface area contributed by atoms with E-state index in [1.54, 1.807) is 5.57 Å². The molecule has 0 saturated carbocycles. The topological polar surface area (TPSA) is 12.0 Å². The summed E-state index contributed by atoms with van der Waals surface area (Å²) in [4.78, 5) is 0.524. The van der Waals surface area contributed by atoms with Crippen molar-refractivity contribution in [1.82, 2.24) is 5.32 Å². The van der Waals surface area contributed by atoms with Gasteiger partial charge in [0.2, 0.25) is 0 Å². The summed E-state index contributed by atoms with van der Waals surface area (Å²) in [5.74, 6) is 0.607. The van der Waals surface area contributed by atoms with Crippen molar-refractivity contribution in [3.05, 3.63) is 45.6 Å². The molecule has 102 valence electrons. The van der Waals surface area contributed by atoms with Gasteiger partial charge >= 0.3 is 0 Å². The maximum absolute atomic E-state index is 6.12. The van der Waals surface area contributed by atoms with E-state index < -0.39 is 0 Å². The van der Waals surface area contributed by atoms with Gasteiger partial charge in [-0.3, -0.25) is 0 Å². The molecule has 3 rings (SSSR count). The molecule has 1 aliphatic heterocycles. The van der Waals surface area contributed by atoms with Crippen molar-refractivity contribution in [3.63, 3.8) is 0 Å². The first-order valence-electron chi connectivity index (χ1n) is 6.96. The summed E-state index contributed by atoms with van der Waals surface area (Å²) in [5, 5.41) is 4.55. The van der Waals surface area contributed by atoms with Gasteiger partial charge in [0, 0.05) is 28.0 Å². The molecule has 19 heavy (non-hydrogen) atoms. The summed E-state index contributed by atoms with van der Waals surface area (Å²) in [6.45, 7) is 4.60. The fourth-order valence-electron chi connectivity index (χ4n) is 3.35. The molecular formula is C16H19BrClN. The van der Waals surface area contributed by atoms with Crippen LogP contribution in [0.15, 0.2) is 29.5 Å². The maximum Gasteiger partial charge on any atom is 0.0408 e. The summed E-state index contributed by atoms with van der Waals surface area (Å²) in [7, 11) is 0. The molecule has 0 bridgehead atoms. The number of hydrogen-bond donors (Lipinski definition) is 1. The highest BCUT2D eigenvalue weighted by atomic mass is 79.9. The zero-order valence-electron chi connectivity index (χ0n) is 11.3. The van der Waals surface area contributed by atoms with E-state index in [2.05, 4.69) is 47.2 Å². The molecule has 0 aromatic heterocycles. The second kappa shape index (κ2) is 5.14. The number of aryl methyl sites for hydroxylation is 1. The first-order chi connectivity index (χ1) is 9.06. The SMILES string of the molecule is CC1NC2=C(CCc3cc(Cl)ccc3C2)C(C)C1Br. The van der Waals surface area contributed by atoms with Crippen LogP contribution in [0.2, 0.25) is 5.02 Å². The largest absolute Gasteiger partial charge is 0.384 e. The van der Waals surface area contributed by atoms with E-state index >= 15 is 0 Å². The minimum Gasteiger partial charge on any atom is -0.384 e. The first kappa shape index (κ1) is 13.5. The summed E-state index contributed by atoms with van der Waals surface area (Å²) < 4.78 is 0. The third-order valence-electron chi connectivity index (χ3n) is 4.49. The van der Waals surface area contributed by atoms with Gasteiger partial charge in [-0.1, -0.05) is 40.5 Å². The number of hydrogen-bond acceptors (Lipinski definition) is 1. The number of allylic oxidation sites excluding steroid dienone is 2. The van der Waals surface area contributed by atoms with E-state index in [1.807, 2.05) is 6.07 Å². The molecule has 0 saturated heterocycles. The van der Waals surface area contributed by atoms with Crippen LogP contribution in [-0.4, -0.2) is 10.9 Å². The molecule has 3 unspecified atom stereocenters. The summed E-state index contributed by atoms with van der Waals surface area (Å²) in [5.41, 5.74) is 5.87. The molecule has 1 aromatic rings. The third-order valence-corrected chi connectivity index (χ3v) is 6.31. The molecule has 1 N–H and O–H groups in total. The van der Waals surface area contributed by atoms with Gasteiger partial charge in [-0.05, 0) is 54.5 Å². The molecule has 0 amide bonds. The average molecular weight is 341 g/mol. The van der Waals surface area contributed by atoms with Crippen molar-refractivity contribution in [1.29, 1.82) is 0 Å². The minimum absolute atomic E-state index is 0.489. The number of nitrogens with one attached hydrogen (secondary N) is 1. The Morgan fingerprint density at radius 2 is 2.00 bits per heavy atom. The summed E-state index contributed by atoms with van der Waals surface area (Å²) in [6, 6.07) is 6.82. The zero-order chi connectivity index (χ0) is 13.6. The van der Waals surface area contributed by atoms with Gasteiger partial charge in [0.1, 0.15) is 0 Å². The summed E-state index contributed by atoms with van der Waals surface area (Å²) in [6.07, 6.45) is 3.27. The predicted molar refractivity (Wildman–Crippen MR) is 85.0 cm³/mol. The molecule has 1 aliphatic carbocycles. The van der Waals surface area contributed by atoms with Gasteiger partial charge < -0.3 is 5.32 Å². The Bertz CT molecular complexity index is 538. The van der Waals surface area contributed by atoms with Gasteiger partial charge in [-0.25, -0.2) is 0 Å². The molecular weight excluding hydrogens is 322 g/mol. The lowest BCUT2D eigenvalue weighted by atomic mass is 9.86. The second-order valence-electron chi connectivity index (χ2n) is 5.76. The molecule has 3 heteroatoms. The number of rotatable bonds is 0. The lowest BCUT2D eigenvalue weighted by Gasteiger charge is -2.36. The number of halogens is 2. The molecule has 1 nitrogen and oxygen atoms in total. The zero-order valence-corrected chi connectivity index (χ0v) is 13.7. The Balaban J connectivity index is 1.97. The monoisotopic (exact) mass is 339 g/mol. The average Bonchev–Trinajstić information content (AvgIpc) is 2.55. The molecule has 2 aliphatic rings. The number of alkyl halides is 1. The van der Waals surface area contributed by atoms with Crippen molar-refractivity contribution >= 4 is 27.5 Å². The quantitative estimate of drug-likeness (QED) is 0.687. The Labute approximate surface area is 128 Å². The van der Waals surface area contributed by atoms with Crippen molar-refractivity contribution < 1.29 is 0 Å². The molecule has 1 heterocycles. The van der Waals surface area contributed by atoms with Gasteiger partial charge in [-0.15, -0.1) is 0 Å². The molecule has 3 atom stereocenters. The highest BCUT2D eigenvalue weighted by molar-refractivity contribution is 9.09. The first-order valence-corrected chi connectivity index (χ1v) is 8.25. The van der Waals surface area contributed by atoms with Gasteiger partial charge in [0.15, 0.2) is 0 Å². The van der Waals surface area contributed by atoms with Crippen LogP contribution in [-0.2, 0) is 12.8 Å². The smallest absolute Gasteiger partial charge is 0.0408 e. The van der Waals surface area contributed by atoms with Crippen LogP contribution in [0.4, 0.5) is 0 Å². The van der Waals surface area contributed by atoms with Crippen molar-refractivity contribution in [2.75, 3.05) is 0 Å². The molecule has 0 spiro atoms. The fraction of sp³-hybridized carbons (Fsp3) is 0.500. The van der Waals surface area contributed by atoms with Crippen LogP contribution >= 0.6 is 27.5 Å².